The van der Waals surface area contributed by atoms with Gasteiger partial charge in [0.2, 0.25) is 11.8 Å². The van der Waals surface area contributed by atoms with E-state index in [0.29, 0.717) is 6.42 Å². The fraction of sp³-hybridized carbons (Fsp3) is 0.700. The van der Waals surface area contributed by atoms with E-state index >= 15 is 0 Å². The van der Waals surface area contributed by atoms with Gasteiger partial charge >= 0.3 is 0 Å². The molecule has 0 saturated heterocycles. The lowest BCUT2D eigenvalue weighted by Crippen LogP contribution is -2.38. The molecule has 0 spiro atoms. The molecule has 5 heteroatoms. The van der Waals surface area contributed by atoms with E-state index in [2.05, 4.69) is 5.32 Å². The van der Waals surface area contributed by atoms with Crippen molar-refractivity contribution in [1.29, 1.82) is 5.26 Å². The van der Waals surface area contributed by atoms with Gasteiger partial charge in [0.05, 0.1) is 12.6 Å². The van der Waals surface area contributed by atoms with Crippen LogP contribution in [0.4, 0.5) is 0 Å². The molecular weight excluding hydrogens is 194 g/mol. The molecule has 0 aliphatic rings. The summed E-state index contributed by atoms with van der Waals surface area (Å²) in [4.78, 5) is 23.9. The molecule has 5 nitrogen and oxygen atoms in total. The van der Waals surface area contributed by atoms with E-state index in [0.717, 1.165) is 6.42 Å². The van der Waals surface area contributed by atoms with E-state index in [4.69, 9.17) is 5.26 Å². The fourth-order valence-corrected chi connectivity index (χ4v) is 0.987. The summed E-state index contributed by atoms with van der Waals surface area (Å²) in [7, 11) is 3.23. The third kappa shape index (κ3) is 5.01. The molecule has 0 aromatic heterocycles. The van der Waals surface area contributed by atoms with Crippen LogP contribution in [-0.2, 0) is 9.59 Å². The number of hydrogen-bond donors (Lipinski definition) is 1. The molecule has 0 heterocycles. The summed E-state index contributed by atoms with van der Waals surface area (Å²) in [6.45, 7) is 1.86. The Morgan fingerprint density at radius 2 is 2.07 bits per heavy atom. The number of hydrogen-bond acceptors (Lipinski definition) is 3. The predicted octanol–water partition coefficient (Wildman–Crippen LogP) is 0.131. The summed E-state index contributed by atoms with van der Waals surface area (Å²) < 4.78 is 0. The zero-order chi connectivity index (χ0) is 11.8. The van der Waals surface area contributed by atoms with Crippen molar-refractivity contribution >= 4 is 11.8 Å². The molecule has 0 radical (unpaired) electrons. The number of carbonyl (C=O) groups is 2. The van der Waals surface area contributed by atoms with Crippen LogP contribution < -0.4 is 5.32 Å². The standard InChI is InChI=1S/C10H17N3O2/c1-4-5-8(6-11)10(15)12-7-9(14)13(2)3/h8H,4-5,7H2,1-3H3,(H,12,15). The third-order valence-corrected chi connectivity index (χ3v) is 1.96. The van der Waals surface area contributed by atoms with Gasteiger partial charge in [0.15, 0.2) is 0 Å². The minimum Gasteiger partial charge on any atom is -0.347 e. The highest BCUT2D eigenvalue weighted by Crippen LogP contribution is 2.04. The summed E-state index contributed by atoms with van der Waals surface area (Å²) in [6, 6.07) is 1.92. The van der Waals surface area contributed by atoms with Crippen LogP contribution in [0, 0.1) is 17.2 Å². The molecular formula is C10H17N3O2. The van der Waals surface area contributed by atoms with Crippen LogP contribution in [0.25, 0.3) is 0 Å². The van der Waals surface area contributed by atoms with Crippen LogP contribution >= 0.6 is 0 Å². The fourth-order valence-electron chi connectivity index (χ4n) is 0.987. The monoisotopic (exact) mass is 211 g/mol. The highest BCUT2D eigenvalue weighted by molar-refractivity contribution is 5.86. The highest BCUT2D eigenvalue weighted by Gasteiger charge is 2.17. The van der Waals surface area contributed by atoms with Gasteiger partial charge in [0, 0.05) is 14.1 Å². The molecule has 84 valence electrons. The maximum absolute atomic E-state index is 11.4. The van der Waals surface area contributed by atoms with Crippen molar-refractivity contribution in [1.82, 2.24) is 10.2 Å². The first kappa shape index (κ1) is 13.4. The molecule has 1 atom stereocenters. The summed E-state index contributed by atoms with van der Waals surface area (Å²) in [5.74, 6) is -1.20. The Kier molecular flexibility index (Phi) is 6.11. The first-order chi connectivity index (χ1) is 7.02. The molecule has 0 fully saturated rings. The molecule has 1 N–H and O–H groups in total. The Labute approximate surface area is 90.0 Å². The van der Waals surface area contributed by atoms with Gasteiger partial charge in [0.25, 0.3) is 0 Å². The largest absolute Gasteiger partial charge is 0.347 e. The quantitative estimate of drug-likeness (QED) is 0.702. The summed E-state index contributed by atoms with van der Waals surface area (Å²) in [5, 5.41) is 11.1. The smallest absolute Gasteiger partial charge is 0.241 e. The predicted molar refractivity (Wildman–Crippen MR) is 55.7 cm³/mol. The minimum atomic E-state index is -0.648. The first-order valence-electron chi connectivity index (χ1n) is 4.90. The Hall–Kier alpha value is -1.57. The van der Waals surface area contributed by atoms with Gasteiger partial charge in [0.1, 0.15) is 5.92 Å². The maximum atomic E-state index is 11.4. The lowest BCUT2D eigenvalue weighted by Gasteiger charge is -2.12. The number of nitrogens with zero attached hydrogens (tertiary/aromatic N) is 2. The van der Waals surface area contributed by atoms with E-state index in [9.17, 15) is 9.59 Å². The lowest BCUT2D eigenvalue weighted by molar-refractivity contribution is -0.131. The SMILES string of the molecule is CCCC(C#N)C(=O)NCC(=O)N(C)C. The average Bonchev–Trinajstić information content (AvgIpc) is 2.21. The number of carbonyl (C=O) groups excluding carboxylic acids is 2. The summed E-state index contributed by atoms with van der Waals surface area (Å²) >= 11 is 0. The second-order valence-electron chi connectivity index (χ2n) is 3.48. The second kappa shape index (κ2) is 6.82. The Bertz CT molecular complexity index is 268. The maximum Gasteiger partial charge on any atom is 0.241 e. The van der Waals surface area contributed by atoms with Crippen LogP contribution in [0.5, 0.6) is 0 Å². The van der Waals surface area contributed by atoms with E-state index in [1.54, 1.807) is 14.1 Å². The minimum absolute atomic E-state index is 0.0479. The van der Waals surface area contributed by atoms with Crippen LogP contribution in [-0.4, -0.2) is 37.4 Å². The molecule has 0 saturated carbocycles. The normalized spacial score (nSPS) is 11.3. The van der Waals surface area contributed by atoms with E-state index < -0.39 is 5.92 Å². The van der Waals surface area contributed by atoms with Crippen molar-refractivity contribution in [2.45, 2.75) is 19.8 Å². The number of rotatable bonds is 5. The molecule has 0 rings (SSSR count). The van der Waals surface area contributed by atoms with E-state index in [1.807, 2.05) is 13.0 Å². The van der Waals surface area contributed by atoms with Gasteiger partial charge in [-0.2, -0.15) is 5.26 Å². The first-order valence-corrected chi connectivity index (χ1v) is 4.90. The zero-order valence-corrected chi connectivity index (χ0v) is 9.41. The molecule has 15 heavy (non-hydrogen) atoms. The van der Waals surface area contributed by atoms with Gasteiger partial charge in [-0.1, -0.05) is 13.3 Å². The highest BCUT2D eigenvalue weighted by atomic mass is 16.2. The van der Waals surface area contributed by atoms with Gasteiger partial charge < -0.3 is 10.2 Å². The van der Waals surface area contributed by atoms with E-state index in [-0.39, 0.29) is 18.4 Å². The molecule has 0 aromatic carbocycles. The number of likely N-dealkylation sites (N-methyl/N-ethyl adjacent to an activating group) is 1. The van der Waals surface area contributed by atoms with Gasteiger partial charge in [-0.3, -0.25) is 9.59 Å². The number of nitriles is 1. The van der Waals surface area contributed by atoms with Crippen molar-refractivity contribution in [3.05, 3.63) is 0 Å². The Balaban J connectivity index is 4.03. The molecule has 1 unspecified atom stereocenters. The Morgan fingerprint density at radius 3 is 2.47 bits per heavy atom. The summed E-state index contributed by atoms with van der Waals surface area (Å²) in [6.07, 6.45) is 1.30. The number of amides is 2. The second-order valence-corrected chi connectivity index (χ2v) is 3.48. The van der Waals surface area contributed by atoms with Crippen LogP contribution in [0.2, 0.25) is 0 Å². The molecule has 2 amide bonds. The molecule has 0 bridgehead atoms. The number of nitrogens with one attached hydrogen (secondary N) is 1. The topological polar surface area (TPSA) is 73.2 Å². The van der Waals surface area contributed by atoms with Crippen molar-refractivity contribution in [2.75, 3.05) is 20.6 Å². The van der Waals surface area contributed by atoms with Crippen LogP contribution in [0.1, 0.15) is 19.8 Å². The van der Waals surface area contributed by atoms with Gasteiger partial charge in [-0.25, -0.2) is 0 Å². The van der Waals surface area contributed by atoms with Crippen molar-refractivity contribution in [3.8, 4) is 6.07 Å². The van der Waals surface area contributed by atoms with Crippen LogP contribution in [0.15, 0.2) is 0 Å². The van der Waals surface area contributed by atoms with Gasteiger partial charge in [-0.05, 0) is 6.42 Å². The van der Waals surface area contributed by atoms with Crippen LogP contribution in [0.3, 0.4) is 0 Å². The Morgan fingerprint density at radius 1 is 1.47 bits per heavy atom. The van der Waals surface area contributed by atoms with E-state index in [1.165, 1.54) is 4.90 Å². The van der Waals surface area contributed by atoms with Crippen molar-refractivity contribution in [2.24, 2.45) is 5.92 Å². The lowest BCUT2D eigenvalue weighted by atomic mass is 10.1. The molecule has 0 aliphatic heterocycles. The molecule has 0 aliphatic carbocycles. The van der Waals surface area contributed by atoms with Crippen molar-refractivity contribution < 1.29 is 9.59 Å². The third-order valence-electron chi connectivity index (χ3n) is 1.96. The van der Waals surface area contributed by atoms with Crippen molar-refractivity contribution in [3.63, 3.8) is 0 Å². The zero-order valence-electron chi connectivity index (χ0n) is 9.41. The summed E-state index contributed by atoms with van der Waals surface area (Å²) in [5.41, 5.74) is 0. The van der Waals surface area contributed by atoms with Gasteiger partial charge in [-0.15, -0.1) is 0 Å². The molecule has 0 aromatic rings. The average molecular weight is 211 g/mol.